The van der Waals surface area contributed by atoms with Gasteiger partial charge in [0.1, 0.15) is 0 Å². The highest BCUT2D eigenvalue weighted by Crippen LogP contribution is 2.45. The topological polar surface area (TPSA) is 37.3 Å². The number of halogens is 1. The van der Waals surface area contributed by atoms with Gasteiger partial charge in [0.15, 0.2) is 11.5 Å². The quantitative estimate of drug-likeness (QED) is 0.691. The molecule has 0 aromatic carbocycles. The van der Waals surface area contributed by atoms with Crippen molar-refractivity contribution in [2.45, 2.75) is 31.2 Å². The third kappa shape index (κ3) is 2.44. The van der Waals surface area contributed by atoms with Gasteiger partial charge in [0.2, 0.25) is 0 Å². The molecule has 0 aromatic rings. The van der Waals surface area contributed by atoms with Gasteiger partial charge >= 0.3 is 0 Å². The number of alkyl halides is 1. The highest BCUT2D eigenvalue weighted by atomic mass is 32.2. The van der Waals surface area contributed by atoms with Crippen molar-refractivity contribution in [2.24, 2.45) is 5.92 Å². The van der Waals surface area contributed by atoms with Crippen molar-refractivity contribution in [1.82, 2.24) is 0 Å². The van der Waals surface area contributed by atoms with Crippen LogP contribution in [0.1, 0.15) is 20.3 Å². The average molecular weight is 206 g/mol. The van der Waals surface area contributed by atoms with Crippen molar-refractivity contribution in [3.05, 3.63) is 0 Å². The molecule has 1 N–H and O–H groups in total. The lowest BCUT2D eigenvalue weighted by Crippen LogP contribution is -2.39. The molecule has 1 aliphatic rings. The van der Waals surface area contributed by atoms with Gasteiger partial charge in [0, 0.05) is 12.4 Å². The molecule has 2 nitrogen and oxygen atoms in total. The van der Waals surface area contributed by atoms with E-state index in [1.807, 2.05) is 0 Å². The van der Waals surface area contributed by atoms with Crippen LogP contribution in [0.4, 0.5) is 4.39 Å². The second-order valence-electron chi connectivity index (χ2n) is 3.73. The summed E-state index contributed by atoms with van der Waals surface area (Å²) in [5, 5.41) is 8.63. The first-order chi connectivity index (χ1) is 6.00. The SMILES string of the molecule is CC(=O)C(F)(CC(C)CO)C1CS1. The monoisotopic (exact) mass is 206 g/mol. The van der Waals surface area contributed by atoms with E-state index in [9.17, 15) is 9.18 Å². The predicted octanol–water partition coefficient (Wildman–Crippen LogP) is 1.42. The molecule has 13 heavy (non-hydrogen) atoms. The third-order valence-corrected chi connectivity index (χ3v) is 3.43. The number of aliphatic hydroxyl groups is 1. The van der Waals surface area contributed by atoms with E-state index in [4.69, 9.17) is 5.11 Å². The number of carbonyl (C=O) groups is 1. The maximum Gasteiger partial charge on any atom is 0.181 e. The lowest BCUT2D eigenvalue weighted by molar-refractivity contribution is -0.129. The Morgan fingerprint density at radius 1 is 1.85 bits per heavy atom. The van der Waals surface area contributed by atoms with E-state index in [1.54, 1.807) is 6.92 Å². The molecule has 0 saturated carbocycles. The second kappa shape index (κ2) is 3.96. The summed E-state index contributed by atoms with van der Waals surface area (Å²) >= 11 is 1.48. The van der Waals surface area contributed by atoms with E-state index in [0.29, 0.717) is 0 Å². The second-order valence-corrected chi connectivity index (χ2v) is 4.97. The number of hydrogen-bond acceptors (Lipinski definition) is 3. The average Bonchev–Trinajstić information content (AvgIpc) is 2.85. The van der Waals surface area contributed by atoms with Gasteiger partial charge in [-0.25, -0.2) is 4.39 Å². The van der Waals surface area contributed by atoms with Gasteiger partial charge in [0.25, 0.3) is 0 Å². The first-order valence-corrected chi connectivity index (χ1v) is 5.48. The Bertz CT molecular complexity index is 206. The minimum atomic E-state index is -1.70. The molecular weight excluding hydrogens is 191 g/mol. The maximum atomic E-state index is 14.1. The fraction of sp³-hybridized carbons (Fsp3) is 0.889. The molecule has 1 rings (SSSR count). The summed E-state index contributed by atoms with van der Waals surface area (Å²) in [6.45, 7) is 2.99. The summed E-state index contributed by atoms with van der Waals surface area (Å²) in [5.41, 5.74) is -1.70. The van der Waals surface area contributed by atoms with E-state index in [1.165, 1.54) is 18.7 Å². The normalized spacial score (nSPS) is 27.8. The Morgan fingerprint density at radius 2 is 2.38 bits per heavy atom. The van der Waals surface area contributed by atoms with Crippen molar-refractivity contribution < 1.29 is 14.3 Å². The molecule has 1 fully saturated rings. The molecule has 0 aromatic heterocycles. The van der Waals surface area contributed by atoms with Gasteiger partial charge in [-0.2, -0.15) is 11.8 Å². The Balaban J connectivity index is 2.61. The zero-order valence-corrected chi connectivity index (χ0v) is 8.73. The van der Waals surface area contributed by atoms with Gasteiger partial charge in [-0.05, 0) is 19.3 Å². The van der Waals surface area contributed by atoms with E-state index in [-0.39, 0.29) is 24.2 Å². The van der Waals surface area contributed by atoms with E-state index < -0.39 is 11.5 Å². The summed E-state index contributed by atoms with van der Waals surface area (Å²) in [6, 6.07) is 0. The summed E-state index contributed by atoms with van der Waals surface area (Å²) in [4.78, 5) is 11.1. The minimum absolute atomic E-state index is 0.0592. The van der Waals surface area contributed by atoms with Crippen LogP contribution in [0.25, 0.3) is 0 Å². The van der Waals surface area contributed by atoms with Crippen LogP contribution in [-0.2, 0) is 4.79 Å². The lowest BCUT2D eigenvalue weighted by atomic mass is 9.88. The Morgan fingerprint density at radius 3 is 2.69 bits per heavy atom. The minimum Gasteiger partial charge on any atom is -0.396 e. The van der Waals surface area contributed by atoms with Crippen LogP contribution in [0.15, 0.2) is 0 Å². The summed E-state index contributed by atoms with van der Waals surface area (Å²) in [6.07, 6.45) is 0.149. The molecular formula is C9H15FO2S. The van der Waals surface area contributed by atoms with Crippen molar-refractivity contribution in [2.75, 3.05) is 12.4 Å². The zero-order valence-electron chi connectivity index (χ0n) is 7.92. The largest absolute Gasteiger partial charge is 0.396 e. The number of thioether (sulfide) groups is 1. The molecule has 1 saturated heterocycles. The van der Waals surface area contributed by atoms with Crippen LogP contribution in [0.3, 0.4) is 0 Å². The molecule has 4 heteroatoms. The lowest BCUT2D eigenvalue weighted by Gasteiger charge is -2.23. The Kier molecular flexibility index (Phi) is 3.35. The van der Waals surface area contributed by atoms with Crippen molar-refractivity contribution in [3.63, 3.8) is 0 Å². The molecule has 0 bridgehead atoms. The first-order valence-electron chi connectivity index (χ1n) is 4.43. The maximum absolute atomic E-state index is 14.1. The first kappa shape index (κ1) is 11.0. The fourth-order valence-corrected chi connectivity index (χ4v) is 2.27. The summed E-state index contributed by atoms with van der Waals surface area (Å²) in [7, 11) is 0. The van der Waals surface area contributed by atoms with Crippen LogP contribution < -0.4 is 0 Å². The molecule has 0 spiro atoms. The van der Waals surface area contributed by atoms with Crippen LogP contribution in [0, 0.1) is 5.92 Å². The molecule has 0 amide bonds. The molecule has 76 valence electrons. The molecule has 0 aliphatic carbocycles. The zero-order chi connectivity index (χ0) is 10.1. The van der Waals surface area contributed by atoms with Crippen LogP contribution >= 0.6 is 11.8 Å². The van der Waals surface area contributed by atoms with Crippen LogP contribution in [-0.4, -0.2) is 34.2 Å². The van der Waals surface area contributed by atoms with Crippen LogP contribution in [0.5, 0.6) is 0 Å². The van der Waals surface area contributed by atoms with Gasteiger partial charge in [-0.15, -0.1) is 0 Å². The number of aliphatic hydroxyl groups excluding tert-OH is 1. The van der Waals surface area contributed by atoms with E-state index in [0.717, 1.165) is 5.75 Å². The number of Topliss-reactive ketones (excluding diaryl/α,β-unsaturated/α-hetero) is 1. The molecule has 1 aliphatic heterocycles. The third-order valence-electron chi connectivity index (χ3n) is 2.39. The van der Waals surface area contributed by atoms with Gasteiger partial charge in [-0.3, -0.25) is 4.79 Å². The molecule has 3 unspecified atom stereocenters. The smallest absolute Gasteiger partial charge is 0.181 e. The number of ketones is 1. The highest BCUT2D eigenvalue weighted by molar-refractivity contribution is 8.07. The summed E-state index contributed by atoms with van der Waals surface area (Å²) in [5.74, 6) is 0.187. The molecule has 3 atom stereocenters. The highest BCUT2D eigenvalue weighted by Gasteiger charge is 2.50. The van der Waals surface area contributed by atoms with Crippen molar-refractivity contribution in [1.29, 1.82) is 0 Å². The van der Waals surface area contributed by atoms with E-state index in [2.05, 4.69) is 0 Å². The van der Waals surface area contributed by atoms with Gasteiger partial charge in [0.05, 0.1) is 5.25 Å². The standard InChI is InChI=1S/C9H15FO2S/c1-6(4-11)3-9(10,7(2)12)8-5-13-8/h6,8,11H,3-5H2,1-2H3. The molecule has 0 radical (unpaired) electrons. The van der Waals surface area contributed by atoms with E-state index >= 15 is 0 Å². The fourth-order valence-electron chi connectivity index (χ4n) is 1.39. The Labute approximate surface area is 81.9 Å². The van der Waals surface area contributed by atoms with Crippen LogP contribution in [0.2, 0.25) is 0 Å². The molecule has 1 heterocycles. The number of rotatable bonds is 5. The van der Waals surface area contributed by atoms with Crippen molar-refractivity contribution in [3.8, 4) is 0 Å². The Hall–Kier alpha value is -0.0900. The number of hydrogen-bond donors (Lipinski definition) is 1. The predicted molar refractivity (Wildman–Crippen MR) is 51.6 cm³/mol. The van der Waals surface area contributed by atoms with Gasteiger partial charge in [-0.1, -0.05) is 6.92 Å². The van der Waals surface area contributed by atoms with Gasteiger partial charge < -0.3 is 5.11 Å². The number of carbonyl (C=O) groups excluding carboxylic acids is 1. The summed E-state index contributed by atoms with van der Waals surface area (Å²) < 4.78 is 14.1. The van der Waals surface area contributed by atoms with Crippen molar-refractivity contribution >= 4 is 17.5 Å².